The molecular weight excluding hydrogens is 450 g/mol. The Morgan fingerprint density at radius 3 is 2.43 bits per heavy atom. The molecule has 0 aliphatic carbocycles. The molecule has 1 aliphatic heterocycles. The van der Waals surface area contributed by atoms with E-state index in [0.717, 1.165) is 0 Å². The average Bonchev–Trinajstić information content (AvgIpc) is 2.82. The smallest absolute Gasteiger partial charge is 0.410 e. The molecule has 0 radical (unpaired) electrons. The Bertz CT molecular complexity index is 1080. The predicted octanol–water partition coefficient (Wildman–Crippen LogP) is 1.32. The van der Waals surface area contributed by atoms with Crippen molar-refractivity contribution < 1.29 is 14.6 Å². The maximum absolute atomic E-state index is 13.5. The number of hydrogen-bond donors (Lipinski definition) is 3. The van der Waals surface area contributed by atoms with Crippen molar-refractivity contribution in [2.75, 3.05) is 42.7 Å². The molecule has 35 heavy (non-hydrogen) atoms. The zero-order valence-corrected chi connectivity index (χ0v) is 20.6. The maximum atomic E-state index is 13.5. The van der Waals surface area contributed by atoms with E-state index in [0.29, 0.717) is 61.9 Å². The van der Waals surface area contributed by atoms with Crippen LogP contribution in [0.2, 0.25) is 0 Å². The molecule has 2 aromatic rings. The van der Waals surface area contributed by atoms with Crippen LogP contribution in [0.15, 0.2) is 47.7 Å². The second kappa shape index (κ2) is 11.2. The van der Waals surface area contributed by atoms with Crippen molar-refractivity contribution in [3.63, 3.8) is 0 Å². The number of piperazine rings is 1. The summed E-state index contributed by atoms with van der Waals surface area (Å²) in [5.74, 6) is 6.23. The van der Waals surface area contributed by atoms with Crippen LogP contribution in [0.1, 0.15) is 32.9 Å². The number of benzene rings is 1. The Morgan fingerprint density at radius 2 is 1.86 bits per heavy atom. The monoisotopic (exact) mass is 485 g/mol. The molecule has 11 nitrogen and oxygen atoms in total. The van der Waals surface area contributed by atoms with Gasteiger partial charge in [0, 0.05) is 57.1 Å². The van der Waals surface area contributed by atoms with E-state index in [1.807, 2.05) is 25.7 Å². The van der Waals surface area contributed by atoms with Gasteiger partial charge in [-0.2, -0.15) is 0 Å². The van der Waals surface area contributed by atoms with Crippen molar-refractivity contribution in [2.24, 2.45) is 11.6 Å². The SMILES string of the molecule is CC(C)(C)OC(=O)N1CCN(c2nc(CCCO)cn(-c3ccc(N(N)/C=C\N)cc3)c2=O)CC1. The normalized spacial score (nSPS) is 14.4. The van der Waals surface area contributed by atoms with Crippen LogP contribution in [0.5, 0.6) is 0 Å². The van der Waals surface area contributed by atoms with Gasteiger partial charge in [0.2, 0.25) is 0 Å². The minimum atomic E-state index is -0.568. The van der Waals surface area contributed by atoms with E-state index in [2.05, 4.69) is 4.98 Å². The van der Waals surface area contributed by atoms with Crippen LogP contribution in [0.4, 0.5) is 16.3 Å². The van der Waals surface area contributed by atoms with Crippen molar-refractivity contribution in [1.29, 1.82) is 0 Å². The minimum Gasteiger partial charge on any atom is -0.444 e. The summed E-state index contributed by atoms with van der Waals surface area (Å²) in [5.41, 5.74) is 6.62. The molecule has 0 bridgehead atoms. The van der Waals surface area contributed by atoms with Crippen molar-refractivity contribution in [3.8, 4) is 5.69 Å². The van der Waals surface area contributed by atoms with Gasteiger partial charge in [0.25, 0.3) is 5.56 Å². The molecular formula is C24H35N7O4. The third-order valence-electron chi connectivity index (χ3n) is 5.43. The fourth-order valence-electron chi connectivity index (χ4n) is 3.70. The molecule has 1 aromatic carbocycles. The number of rotatable bonds is 7. The molecule has 1 amide bonds. The van der Waals surface area contributed by atoms with Crippen molar-refractivity contribution >= 4 is 17.6 Å². The summed E-state index contributed by atoms with van der Waals surface area (Å²) in [7, 11) is 0. The Balaban J connectivity index is 1.87. The third-order valence-corrected chi connectivity index (χ3v) is 5.43. The quantitative estimate of drug-likeness (QED) is 0.391. The number of aliphatic hydroxyl groups excluding tert-OH is 1. The number of nitrogens with two attached hydrogens (primary N) is 2. The molecule has 5 N–H and O–H groups in total. The van der Waals surface area contributed by atoms with Crippen LogP contribution < -0.4 is 27.0 Å². The lowest BCUT2D eigenvalue weighted by atomic mass is 10.2. The Morgan fingerprint density at radius 1 is 1.20 bits per heavy atom. The summed E-state index contributed by atoms with van der Waals surface area (Å²) < 4.78 is 7.02. The van der Waals surface area contributed by atoms with E-state index in [-0.39, 0.29) is 18.3 Å². The number of hydrazine groups is 1. The molecule has 0 spiro atoms. The number of hydrogen-bond acceptors (Lipinski definition) is 9. The second-order valence-corrected chi connectivity index (χ2v) is 9.28. The van der Waals surface area contributed by atoms with Gasteiger partial charge in [-0.15, -0.1) is 0 Å². The molecule has 1 aromatic heterocycles. The number of nitrogens with zero attached hydrogens (tertiary/aromatic N) is 5. The average molecular weight is 486 g/mol. The van der Waals surface area contributed by atoms with E-state index in [1.165, 1.54) is 17.4 Å². The van der Waals surface area contributed by atoms with E-state index in [9.17, 15) is 14.7 Å². The minimum absolute atomic E-state index is 0.0282. The fourth-order valence-corrected chi connectivity index (χ4v) is 3.70. The fraction of sp³-hybridized carbons (Fsp3) is 0.458. The van der Waals surface area contributed by atoms with Gasteiger partial charge in [0.1, 0.15) is 5.60 Å². The Hall–Kier alpha value is -3.57. The summed E-state index contributed by atoms with van der Waals surface area (Å²) in [6.45, 7) is 7.28. The van der Waals surface area contributed by atoms with Gasteiger partial charge < -0.3 is 25.4 Å². The van der Waals surface area contributed by atoms with Crippen LogP contribution in [0.25, 0.3) is 5.69 Å². The zero-order chi connectivity index (χ0) is 25.6. The van der Waals surface area contributed by atoms with Gasteiger partial charge in [0.15, 0.2) is 5.82 Å². The lowest BCUT2D eigenvalue weighted by molar-refractivity contribution is 0.0240. The van der Waals surface area contributed by atoms with Crippen molar-refractivity contribution in [3.05, 3.63) is 58.9 Å². The summed E-state index contributed by atoms with van der Waals surface area (Å²) in [6, 6.07) is 7.16. The highest BCUT2D eigenvalue weighted by molar-refractivity contribution is 5.68. The largest absolute Gasteiger partial charge is 0.444 e. The lowest BCUT2D eigenvalue weighted by Crippen LogP contribution is -2.51. The Labute approximate surface area is 205 Å². The van der Waals surface area contributed by atoms with Gasteiger partial charge in [0.05, 0.1) is 11.4 Å². The second-order valence-electron chi connectivity index (χ2n) is 9.28. The maximum Gasteiger partial charge on any atom is 0.410 e. The molecule has 0 atom stereocenters. The van der Waals surface area contributed by atoms with Crippen LogP contribution in [-0.4, -0.2) is 64.0 Å². The van der Waals surface area contributed by atoms with Crippen LogP contribution in [-0.2, 0) is 11.2 Å². The molecule has 1 fully saturated rings. The summed E-state index contributed by atoms with van der Waals surface area (Å²) in [4.78, 5) is 34.0. The Kier molecular flexibility index (Phi) is 8.36. The van der Waals surface area contributed by atoms with Crippen molar-refractivity contribution in [1.82, 2.24) is 14.5 Å². The number of aromatic nitrogens is 2. The van der Waals surface area contributed by atoms with Gasteiger partial charge in [-0.25, -0.2) is 15.6 Å². The number of anilines is 2. The van der Waals surface area contributed by atoms with Crippen LogP contribution >= 0.6 is 0 Å². The highest BCUT2D eigenvalue weighted by Gasteiger charge is 2.28. The number of carbonyl (C=O) groups is 1. The first kappa shape index (κ1) is 26.0. The first-order valence-corrected chi connectivity index (χ1v) is 11.6. The van der Waals surface area contributed by atoms with E-state index in [4.69, 9.17) is 16.3 Å². The molecule has 1 aliphatic rings. The zero-order valence-electron chi connectivity index (χ0n) is 20.6. The topological polar surface area (TPSA) is 143 Å². The molecule has 0 unspecified atom stereocenters. The summed E-state index contributed by atoms with van der Waals surface area (Å²) in [6.07, 6.45) is 5.26. The van der Waals surface area contributed by atoms with Gasteiger partial charge in [-0.1, -0.05) is 0 Å². The number of amides is 1. The van der Waals surface area contributed by atoms with Gasteiger partial charge in [-0.05, 0) is 57.9 Å². The lowest BCUT2D eigenvalue weighted by Gasteiger charge is -2.36. The summed E-state index contributed by atoms with van der Waals surface area (Å²) in [5, 5.41) is 10.7. The number of aliphatic hydroxyl groups is 1. The molecule has 3 rings (SSSR count). The molecule has 1 saturated heterocycles. The van der Waals surface area contributed by atoms with Gasteiger partial charge >= 0.3 is 6.09 Å². The highest BCUT2D eigenvalue weighted by atomic mass is 16.6. The number of ether oxygens (including phenoxy) is 1. The predicted molar refractivity (Wildman–Crippen MR) is 135 cm³/mol. The van der Waals surface area contributed by atoms with Gasteiger partial charge in [-0.3, -0.25) is 14.4 Å². The first-order chi connectivity index (χ1) is 16.6. The van der Waals surface area contributed by atoms with E-state index in [1.54, 1.807) is 39.9 Å². The highest BCUT2D eigenvalue weighted by Crippen LogP contribution is 2.18. The molecule has 2 heterocycles. The number of carbonyl (C=O) groups excluding carboxylic acids is 1. The molecule has 190 valence electrons. The number of aryl methyl sites for hydroxylation is 1. The molecule has 0 saturated carbocycles. The van der Waals surface area contributed by atoms with Crippen LogP contribution in [0, 0.1) is 0 Å². The summed E-state index contributed by atoms with van der Waals surface area (Å²) >= 11 is 0. The first-order valence-electron chi connectivity index (χ1n) is 11.6. The third kappa shape index (κ3) is 6.74. The van der Waals surface area contributed by atoms with E-state index < -0.39 is 5.60 Å². The standard InChI is InChI=1S/C24H35N7O4/c1-24(2,3)35-23(34)29-14-12-28(13-15-29)21-22(33)30(17-18(27-21)5-4-16-32)19-6-8-20(9-7-19)31(26)11-10-25/h6-11,17,32H,4-5,12-16,25-26H2,1-3H3/b11-10-. The van der Waals surface area contributed by atoms with Crippen molar-refractivity contribution in [2.45, 2.75) is 39.2 Å². The molecule has 11 heteroatoms. The van der Waals surface area contributed by atoms with E-state index >= 15 is 0 Å². The van der Waals surface area contributed by atoms with Crippen LogP contribution in [0.3, 0.4) is 0 Å².